The third-order valence-corrected chi connectivity index (χ3v) is 5.06. The standard InChI is InChI=1S/C19H23N3O/c1-13-11-22-12-17(8-9-18(22)20-13)21-19(23)16-7-6-14-4-2-3-5-15(14)10-16/h6-7,10-11,17H,2-5,8-9,12H2,1H3,(H,21,23)/t17-/m1/s1. The van der Waals surface area contributed by atoms with Crippen molar-refractivity contribution < 1.29 is 4.79 Å². The summed E-state index contributed by atoms with van der Waals surface area (Å²) >= 11 is 0. The first-order valence-electron chi connectivity index (χ1n) is 8.64. The van der Waals surface area contributed by atoms with Gasteiger partial charge in [-0.25, -0.2) is 4.98 Å². The van der Waals surface area contributed by atoms with Crippen molar-refractivity contribution in [3.05, 3.63) is 52.6 Å². The van der Waals surface area contributed by atoms with Gasteiger partial charge in [0.25, 0.3) is 5.91 Å². The van der Waals surface area contributed by atoms with Crippen LogP contribution >= 0.6 is 0 Å². The maximum absolute atomic E-state index is 12.6. The Bertz CT molecular complexity index is 747. The first-order chi connectivity index (χ1) is 11.2. The normalized spacial score (nSPS) is 19.8. The Kier molecular flexibility index (Phi) is 3.68. The van der Waals surface area contributed by atoms with Gasteiger partial charge in [0.15, 0.2) is 0 Å². The van der Waals surface area contributed by atoms with Crippen LogP contribution in [0.25, 0.3) is 0 Å². The van der Waals surface area contributed by atoms with Gasteiger partial charge in [0.2, 0.25) is 0 Å². The first-order valence-corrected chi connectivity index (χ1v) is 8.64. The molecule has 0 bridgehead atoms. The molecular formula is C19H23N3O. The number of carbonyl (C=O) groups is 1. The van der Waals surface area contributed by atoms with E-state index in [1.807, 2.05) is 13.0 Å². The number of aromatic nitrogens is 2. The van der Waals surface area contributed by atoms with Crippen LogP contribution in [0.1, 0.15) is 52.3 Å². The summed E-state index contributed by atoms with van der Waals surface area (Å²) in [5.74, 6) is 1.20. The van der Waals surface area contributed by atoms with E-state index in [1.54, 1.807) is 0 Å². The molecule has 1 aliphatic heterocycles. The minimum absolute atomic E-state index is 0.0589. The molecule has 0 saturated heterocycles. The highest BCUT2D eigenvalue weighted by Gasteiger charge is 2.22. The fourth-order valence-electron chi connectivity index (χ4n) is 3.85. The summed E-state index contributed by atoms with van der Waals surface area (Å²) in [5.41, 5.74) is 4.64. The van der Waals surface area contributed by atoms with Gasteiger partial charge in [0, 0.05) is 30.8 Å². The third kappa shape index (κ3) is 2.90. The largest absolute Gasteiger partial charge is 0.347 e. The number of aryl methyl sites for hydroxylation is 4. The molecule has 1 N–H and O–H groups in total. The fourth-order valence-corrected chi connectivity index (χ4v) is 3.85. The number of hydrogen-bond acceptors (Lipinski definition) is 2. The SMILES string of the molecule is Cc1cn2c(n1)CC[C@@H](NC(=O)c1ccc3c(c1)CCCC3)C2. The fraction of sp³-hybridized carbons (Fsp3) is 0.474. The van der Waals surface area contributed by atoms with Crippen LogP contribution in [0.3, 0.4) is 0 Å². The average molecular weight is 309 g/mol. The molecule has 1 aliphatic carbocycles. The molecule has 0 saturated carbocycles. The van der Waals surface area contributed by atoms with E-state index >= 15 is 0 Å². The van der Waals surface area contributed by atoms with Crippen molar-refractivity contribution in [2.45, 2.75) is 58.0 Å². The van der Waals surface area contributed by atoms with Crippen LogP contribution in [0.4, 0.5) is 0 Å². The van der Waals surface area contributed by atoms with Crippen molar-refractivity contribution in [3.63, 3.8) is 0 Å². The predicted octanol–water partition coefficient (Wildman–Crippen LogP) is 2.82. The predicted molar refractivity (Wildman–Crippen MR) is 89.6 cm³/mol. The maximum atomic E-state index is 12.6. The summed E-state index contributed by atoms with van der Waals surface area (Å²) in [6.07, 6.45) is 8.75. The molecule has 1 atom stereocenters. The van der Waals surface area contributed by atoms with Gasteiger partial charge in [-0.3, -0.25) is 4.79 Å². The van der Waals surface area contributed by atoms with Crippen LogP contribution in [-0.2, 0) is 25.8 Å². The summed E-state index contributed by atoms with van der Waals surface area (Å²) in [6.45, 7) is 2.85. The number of carbonyl (C=O) groups excluding carboxylic acids is 1. The summed E-state index contributed by atoms with van der Waals surface area (Å²) in [7, 11) is 0. The molecule has 2 heterocycles. The van der Waals surface area contributed by atoms with Crippen LogP contribution in [0, 0.1) is 6.92 Å². The Morgan fingerprint density at radius 3 is 2.91 bits per heavy atom. The van der Waals surface area contributed by atoms with Gasteiger partial charge in [-0.1, -0.05) is 6.07 Å². The quantitative estimate of drug-likeness (QED) is 0.927. The van der Waals surface area contributed by atoms with Crippen LogP contribution in [0.2, 0.25) is 0 Å². The van der Waals surface area contributed by atoms with E-state index in [0.29, 0.717) is 0 Å². The number of hydrogen-bond donors (Lipinski definition) is 1. The number of rotatable bonds is 2. The molecular weight excluding hydrogens is 286 g/mol. The second kappa shape index (κ2) is 5.84. The van der Waals surface area contributed by atoms with E-state index in [0.717, 1.165) is 49.3 Å². The van der Waals surface area contributed by atoms with Crippen LogP contribution in [0.5, 0.6) is 0 Å². The van der Waals surface area contributed by atoms with E-state index in [9.17, 15) is 4.79 Å². The van der Waals surface area contributed by atoms with Crippen LogP contribution in [0.15, 0.2) is 24.4 Å². The molecule has 4 rings (SSSR count). The lowest BCUT2D eigenvalue weighted by Crippen LogP contribution is -2.40. The van der Waals surface area contributed by atoms with Crippen molar-refractivity contribution >= 4 is 5.91 Å². The monoisotopic (exact) mass is 309 g/mol. The Morgan fingerprint density at radius 2 is 2.04 bits per heavy atom. The van der Waals surface area contributed by atoms with Gasteiger partial charge in [0.1, 0.15) is 5.82 Å². The molecule has 4 heteroatoms. The topological polar surface area (TPSA) is 46.9 Å². The molecule has 120 valence electrons. The van der Waals surface area contributed by atoms with Gasteiger partial charge >= 0.3 is 0 Å². The smallest absolute Gasteiger partial charge is 0.251 e. The second-order valence-electron chi connectivity index (χ2n) is 6.85. The lowest BCUT2D eigenvalue weighted by Gasteiger charge is -2.25. The lowest BCUT2D eigenvalue weighted by molar-refractivity contribution is 0.0927. The number of nitrogens with one attached hydrogen (secondary N) is 1. The molecule has 1 aromatic carbocycles. The molecule has 23 heavy (non-hydrogen) atoms. The van der Waals surface area contributed by atoms with Crippen molar-refractivity contribution in [2.75, 3.05) is 0 Å². The number of amides is 1. The van der Waals surface area contributed by atoms with Crippen LogP contribution in [-0.4, -0.2) is 21.5 Å². The molecule has 0 radical (unpaired) electrons. The van der Waals surface area contributed by atoms with Crippen molar-refractivity contribution in [3.8, 4) is 0 Å². The van der Waals surface area contributed by atoms with Crippen molar-refractivity contribution in [1.82, 2.24) is 14.9 Å². The zero-order valence-electron chi connectivity index (χ0n) is 13.6. The Balaban J connectivity index is 1.46. The molecule has 1 aromatic heterocycles. The van der Waals surface area contributed by atoms with E-state index in [4.69, 9.17) is 0 Å². The highest BCUT2D eigenvalue weighted by molar-refractivity contribution is 5.94. The average Bonchev–Trinajstić information content (AvgIpc) is 2.93. The molecule has 0 unspecified atom stereocenters. The molecule has 4 nitrogen and oxygen atoms in total. The number of benzene rings is 1. The van der Waals surface area contributed by atoms with Crippen LogP contribution < -0.4 is 5.32 Å². The minimum Gasteiger partial charge on any atom is -0.347 e. The van der Waals surface area contributed by atoms with Crippen molar-refractivity contribution in [1.29, 1.82) is 0 Å². The highest BCUT2D eigenvalue weighted by atomic mass is 16.1. The maximum Gasteiger partial charge on any atom is 0.251 e. The Labute approximate surface area is 136 Å². The molecule has 1 amide bonds. The summed E-state index contributed by atoms with van der Waals surface area (Å²) < 4.78 is 2.18. The third-order valence-electron chi connectivity index (χ3n) is 5.06. The van der Waals surface area contributed by atoms with E-state index in [-0.39, 0.29) is 11.9 Å². The molecule has 0 fully saturated rings. The van der Waals surface area contributed by atoms with Gasteiger partial charge in [-0.2, -0.15) is 0 Å². The minimum atomic E-state index is 0.0589. The lowest BCUT2D eigenvalue weighted by atomic mass is 9.90. The van der Waals surface area contributed by atoms with Crippen molar-refractivity contribution in [2.24, 2.45) is 0 Å². The summed E-state index contributed by atoms with van der Waals surface area (Å²) in [6, 6.07) is 6.41. The van der Waals surface area contributed by atoms with E-state index in [2.05, 4.69) is 33.2 Å². The second-order valence-corrected chi connectivity index (χ2v) is 6.85. The number of fused-ring (bicyclic) bond motifs is 2. The number of imidazole rings is 1. The molecule has 2 aromatic rings. The first kappa shape index (κ1) is 14.5. The highest BCUT2D eigenvalue weighted by Crippen LogP contribution is 2.22. The zero-order valence-corrected chi connectivity index (χ0v) is 13.6. The molecule has 0 spiro atoms. The Hall–Kier alpha value is -2.10. The molecule has 2 aliphatic rings. The van der Waals surface area contributed by atoms with Gasteiger partial charge in [-0.15, -0.1) is 0 Å². The van der Waals surface area contributed by atoms with Gasteiger partial charge < -0.3 is 9.88 Å². The summed E-state index contributed by atoms with van der Waals surface area (Å²) in [5, 5.41) is 3.20. The Morgan fingerprint density at radius 1 is 1.22 bits per heavy atom. The summed E-state index contributed by atoms with van der Waals surface area (Å²) in [4.78, 5) is 17.1. The van der Waals surface area contributed by atoms with Gasteiger partial charge in [-0.05, 0) is 62.3 Å². The van der Waals surface area contributed by atoms with Gasteiger partial charge in [0.05, 0.1) is 5.69 Å². The zero-order chi connectivity index (χ0) is 15.8. The van der Waals surface area contributed by atoms with E-state index in [1.165, 1.54) is 24.0 Å². The number of nitrogens with zero attached hydrogens (tertiary/aromatic N) is 2. The van der Waals surface area contributed by atoms with E-state index < -0.39 is 0 Å².